The standard InChI is InChI=1S/C15H19ClN4O/c1-9-13(10(2)19-18-9)8-17-11-5-6-14(16)12(7-11)15(21)20(3)4/h5-7,17H,8H2,1-4H3,(H,18,19). The van der Waals surface area contributed by atoms with Gasteiger partial charge in [-0.2, -0.15) is 5.10 Å². The Kier molecular flexibility index (Phi) is 4.53. The molecule has 1 amide bonds. The summed E-state index contributed by atoms with van der Waals surface area (Å²) < 4.78 is 0. The average molecular weight is 307 g/mol. The number of anilines is 1. The van der Waals surface area contributed by atoms with E-state index in [4.69, 9.17) is 11.6 Å². The van der Waals surface area contributed by atoms with Crippen molar-refractivity contribution in [2.24, 2.45) is 0 Å². The van der Waals surface area contributed by atoms with Gasteiger partial charge < -0.3 is 10.2 Å². The Balaban J connectivity index is 2.18. The van der Waals surface area contributed by atoms with Crippen LogP contribution in [0.2, 0.25) is 5.02 Å². The Bertz CT molecular complexity index is 644. The summed E-state index contributed by atoms with van der Waals surface area (Å²) in [6.07, 6.45) is 0. The minimum atomic E-state index is -0.112. The second kappa shape index (κ2) is 6.18. The number of aromatic nitrogens is 2. The summed E-state index contributed by atoms with van der Waals surface area (Å²) in [4.78, 5) is 13.6. The van der Waals surface area contributed by atoms with Crippen LogP contribution >= 0.6 is 11.6 Å². The number of benzene rings is 1. The summed E-state index contributed by atoms with van der Waals surface area (Å²) in [5, 5.41) is 10.9. The van der Waals surface area contributed by atoms with Crippen LogP contribution in [0.4, 0.5) is 5.69 Å². The second-order valence-electron chi connectivity index (χ2n) is 5.16. The molecule has 0 unspecified atom stereocenters. The summed E-state index contributed by atoms with van der Waals surface area (Å²) in [6.45, 7) is 4.59. The van der Waals surface area contributed by atoms with Gasteiger partial charge in [0.25, 0.3) is 5.91 Å². The van der Waals surface area contributed by atoms with Gasteiger partial charge in [-0.05, 0) is 32.0 Å². The van der Waals surface area contributed by atoms with Gasteiger partial charge in [-0.15, -0.1) is 0 Å². The van der Waals surface area contributed by atoms with Crippen LogP contribution < -0.4 is 5.32 Å². The van der Waals surface area contributed by atoms with Crippen molar-refractivity contribution in [3.05, 3.63) is 45.7 Å². The third kappa shape index (κ3) is 3.36. The molecule has 0 atom stereocenters. The molecule has 1 heterocycles. The zero-order chi connectivity index (χ0) is 15.6. The first-order valence-electron chi connectivity index (χ1n) is 6.65. The van der Waals surface area contributed by atoms with Gasteiger partial charge in [-0.1, -0.05) is 11.6 Å². The van der Waals surface area contributed by atoms with E-state index in [1.807, 2.05) is 19.9 Å². The van der Waals surface area contributed by atoms with E-state index in [2.05, 4.69) is 15.5 Å². The molecule has 0 aliphatic heterocycles. The van der Waals surface area contributed by atoms with Gasteiger partial charge in [-0.3, -0.25) is 9.89 Å². The highest BCUT2D eigenvalue weighted by Gasteiger charge is 2.13. The van der Waals surface area contributed by atoms with Crippen molar-refractivity contribution in [2.75, 3.05) is 19.4 Å². The highest BCUT2D eigenvalue weighted by molar-refractivity contribution is 6.34. The number of H-pyrrole nitrogens is 1. The Morgan fingerprint density at radius 1 is 1.38 bits per heavy atom. The summed E-state index contributed by atoms with van der Waals surface area (Å²) >= 11 is 6.10. The van der Waals surface area contributed by atoms with Crippen LogP contribution in [0.25, 0.3) is 0 Å². The van der Waals surface area contributed by atoms with E-state index in [1.54, 1.807) is 26.2 Å². The smallest absolute Gasteiger partial charge is 0.254 e. The van der Waals surface area contributed by atoms with Crippen molar-refractivity contribution in [2.45, 2.75) is 20.4 Å². The number of halogens is 1. The number of nitrogens with one attached hydrogen (secondary N) is 2. The zero-order valence-corrected chi connectivity index (χ0v) is 13.4. The van der Waals surface area contributed by atoms with Gasteiger partial charge in [0.1, 0.15) is 0 Å². The first-order chi connectivity index (χ1) is 9.90. The first kappa shape index (κ1) is 15.4. The van der Waals surface area contributed by atoms with E-state index in [9.17, 15) is 4.79 Å². The van der Waals surface area contributed by atoms with E-state index in [-0.39, 0.29) is 5.91 Å². The predicted octanol–water partition coefficient (Wildman–Crippen LogP) is 2.99. The van der Waals surface area contributed by atoms with Crippen molar-refractivity contribution in [3.63, 3.8) is 0 Å². The summed E-state index contributed by atoms with van der Waals surface area (Å²) in [5.41, 5.74) is 4.49. The van der Waals surface area contributed by atoms with Crippen molar-refractivity contribution in [1.29, 1.82) is 0 Å². The van der Waals surface area contributed by atoms with E-state index in [0.717, 1.165) is 22.6 Å². The molecule has 6 heteroatoms. The third-order valence-electron chi connectivity index (χ3n) is 3.35. The molecule has 21 heavy (non-hydrogen) atoms. The zero-order valence-electron chi connectivity index (χ0n) is 12.6. The molecule has 0 fully saturated rings. The molecule has 0 bridgehead atoms. The van der Waals surface area contributed by atoms with Gasteiger partial charge in [0, 0.05) is 37.6 Å². The monoisotopic (exact) mass is 306 g/mol. The molecular formula is C15H19ClN4O. The Morgan fingerprint density at radius 3 is 2.67 bits per heavy atom. The molecule has 0 saturated carbocycles. The van der Waals surface area contributed by atoms with E-state index >= 15 is 0 Å². The number of hydrogen-bond donors (Lipinski definition) is 2. The fourth-order valence-corrected chi connectivity index (χ4v) is 2.26. The molecule has 2 rings (SSSR count). The van der Waals surface area contributed by atoms with Crippen LogP contribution in [-0.4, -0.2) is 35.1 Å². The van der Waals surface area contributed by atoms with E-state index < -0.39 is 0 Å². The fourth-order valence-electron chi connectivity index (χ4n) is 2.06. The molecule has 0 aliphatic rings. The maximum Gasteiger partial charge on any atom is 0.254 e. The molecule has 5 nitrogen and oxygen atoms in total. The molecule has 1 aromatic heterocycles. The maximum absolute atomic E-state index is 12.1. The van der Waals surface area contributed by atoms with Crippen LogP contribution in [0, 0.1) is 13.8 Å². The van der Waals surface area contributed by atoms with Crippen molar-refractivity contribution >= 4 is 23.2 Å². The minimum absolute atomic E-state index is 0.112. The molecule has 0 aliphatic carbocycles. The second-order valence-corrected chi connectivity index (χ2v) is 5.57. The van der Waals surface area contributed by atoms with Crippen LogP contribution in [0.3, 0.4) is 0 Å². The lowest BCUT2D eigenvalue weighted by atomic mass is 10.1. The molecule has 0 spiro atoms. The Hall–Kier alpha value is -2.01. The highest BCUT2D eigenvalue weighted by atomic mass is 35.5. The quantitative estimate of drug-likeness (QED) is 0.913. The summed E-state index contributed by atoms with van der Waals surface area (Å²) in [5.74, 6) is -0.112. The molecule has 2 N–H and O–H groups in total. The number of hydrogen-bond acceptors (Lipinski definition) is 3. The van der Waals surface area contributed by atoms with Gasteiger partial charge in [0.2, 0.25) is 0 Å². The summed E-state index contributed by atoms with van der Waals surface area (Å²) in [7, 11) is 3.41. The Morgan fingerprint density at radius 2 is 2.10 bits per heavy atom. The maximum atomic E-state index is 12.1. The molecule has 0 radical (unpaired) electrons. The molecule has 1 aromatic carbocycles. The van der Waals surface area contributed by atoms with Crippen LogP contribution in [0.1, 0.15) is 27.3 Å². The fraction of sp³-hybridized carbons (Fsp3) is 0.333. The number of aromatic amines is 1. The van der Waals surface area contributed by atoms with Crippen molar-refractivity contribution < 1.29 is 4.79 Å². The van der Waals surface area contributed by atoms with E-state index in [0.29, 0.717) is 17.1 Å². The van der Waals surface area contributed by atoms with Gasteiger partial charge >= 0.3 is 0 Å². The van der Waals surface area contributed by atoms with Gasteiger partial charge in [0.15, 0.2) is 0 Å². The number of aryl methyl sites for hydroxylation is 2. The predicted molar refractivity (Wildman–Crippen MR) is 84.9 cm³/mol. The average Bonchev–Trinajstić information content (AvgIpc) is 2.76. The van der Waals surface area contributed by atoms with Gasteiger partial charge in [0.05, 0.1) is 16.3 Å². The third-order valence-corrected chi connectivity index (χ3v) is 3.68. The number of amides is 1. The molecule has 112 valence electrons. The lowest BCUT2D eigenvalue weighted by Gasteiger charge is -2.13. The van der Waals surface area contributed by atoms with Crippen LogP contribution in [0.5, 0.6) is 0 Å². The minimum Gasteiger partial charge on any atom is -0.381 e. The molecular weight excluding hydrogens is 288 g/mol. The lowest BCUT2D eigenvalue weighted by Crippen LogP contribution is -2.22. The van der Waals surface area contributed by atoms with Gasteiger partial charge in [-0.25, -0.2) is 0 Å². The Labute approximate surface area is 129 Å². The molecule has 0 saturated heterocycles. The van der Waals surface area contributed by atoms with Crippen molar-refractivity contribution in [1.82, 2.24) is 15.1 Å². The first-order valence-corrected chi connectivity index (χ1v) is 7.03. The number of carbonyl (C=O) groups is 1. The normalized spacial score (nSPS) is 10.5. The number of carbonyl (C=O) groups excluding carboxylic acids is 1. The van der Waals surface area contributed by atoms with Crippen LogP contribution in [-0.2, 0) is 6.54 Å². The SMILES string of the molecule is Cc1n[nH]c(C)c1CNc1ccc(Cl)c(C(=O)N(C)C)c1. The summed E-state index contributed by atoms with van der Waals surface area (Å²) in [6, 6.07) is 5.37. The highest BCUT2D eigenvalue weighted by Crippen LogP contribution is 2.22. The number of nitrogens with zero attached hydrogens (tertiary/aromatic N) is 2. The molecule has 2 aromatic rings. The lowest BCUT2D eigenvalue weighted by molar-refractivity contribution is 0.0828. The largest absolute Gasteiger partial charge is 0.381 e. The van der Waals surface area contributed by atoms with E-state index in [1.165, 1.54) is 4.90 Å². The van der Waals surface area contributed by atoms with Crippen molar-refractivity contribution in [3.8, 4) is 0 Å². The topological polar surface area (TPSA) is 61.0 Å². The van der Waals surface area contributed by atoms with Crippen LogP contribution in [0.15, 0.2) is 18.2 Å². The number of rotatable bonds is 4.